The maximum Gasteiger partial charge on any atom is 0.170 e. The average molecular weight is 429 g/mol. The van der Waals surface area contributed by atoms with Gasteiger partial charge in [0.25, 0.3) is 0 Å². The molecule has 0 N–H and O–H groups in total. The molecule has 32 heavy (non-hydrogen) atoms. The Bertz CT molecular complexity index is 1300. The van der Waals surface area contributed by atoms with Crippen molar-refractivity contribution < 1.29 is 14.3 Å². The second-order valence-corrected chi connectivity index (χ2v) is 7.30. The van der Waals surface area contributed by atoms with E-state index in [-0.39, 0.29) is 12.3 Å². The van der Waals surface area contributed by atoms with Gasteiger partial charge in [-0.15, -0.1) is 0 Å². The topological polar surface area (TPSA) is 95.0 Å². The van der Waals surface area contributed by atoms with E-state index in [9.17, 15) is 4.79 Å². The molecule has 8 nitrogen and oxygen atoms in total. The van der Waals surface area contributed by atoms with Crippen LogP contribution >= 0.6 is 0 Å². The Morgan fingerprint density at radius 1 is 1.12 bits per heavy atom. The van der Waals surface area contributed by atoms with Crippen LogP contribution in [-0.4, -0.2) is 39.3 Å². The molecule has 0 fully saturated rings. The molecule has 8 heteroatoms. The molecular weight excluding hydrogens is 406 g/mol. The number of carbonyl (C=O) groups excluding carboxylic acids is 1. The van der Waals surface area contributed by atoms with E-state index in [2.05, 4.69) is 16.2 Å². The van der Waals surface area contributed by atoms with E-state index < -0.39 is 0 Å². The van der Waals surface area contributed by atoms with Crippen molar-refractivity contribution in [2.75, 3.05) is 14.2 Å². The van der Waals surface area contributed by atoms with Crippen molar-refractivity contribution in [1.82, 2.24) is 19.3 Å². The standard InChI is InChI=1S/C24H23N5O3/c1-4-5-21(30)24-22(31-2)11-18(12-23(24)32-3)29-15-26-19-10-16(6-7-20(19)29)17-13-27-28(14-17)9-8-25/h6-7,10-15H,4-5,9H2,1-3H3. The molecule has 0 amide bonds. The summed E-state index contributed by atoms with van der Waals surface area (Å²) < 4.78 is 14.6. The number of nitriles is 1. The van der Waals surface area contributed by atoms with E-state index >= 15 is 0 Å². The number of methoxy groups -OCH3 is 2. The van der Waals surface area contributed by atoms with Gasteiger partial charge in [-0.2, -0.15) is 10.4 Å². The van der Waals surface area contributed by atoms with Crippen LogP contribution in [0.4, 0.5) is 0 Å². The first-order chi connectivity index (χ1) is 15.6. The van der Waals surface area contributed by atoms with Gasteiger partial charge in [-0.3, -0.25) is 14.0 Å². The van der Waals surface area contributed by atoms with Crippen LogP contribution in [0, 0.1) is 11.3 Å². The van der Waals surface area contributed by atoms with E-state index in [1.54, 1.807) is 31.4 Å². The highest BCUT2D eigenvalue weighted by Gasteiger charge is 2.20. The molecular formula is C24H23N5O3. The minimum absolute atomic E-state index is 0.00942. The van der Waals surface area contributed by atoms with Gasteiger partial charge in [0.05, 0.1) is 43.2 Å². The van der Waals surface area contributed by atoms with Crippen LogP contribution in [0.25, 0.3) is 27.8 Å². The van der Waals surface area contributed by atoms with Crippen LogP contribution in [0.15, 0.2) is 49.1 Å². The normalized spacial score (nSPS) is 10.8. The third-order valence-corrected chi connectivity index (χ3v) is 5.27. The maximum atomic E-state index is 12.6. The average Bonchev–Trinajstić information content (AvgIpc) is 3.45. The lowest BCUT2D eigenvalue weighted by molar-refractivity contribution is 0.0975. The highest BCUT2D eigenvalue weighted by molar-refractivity contribution is 6.01. The largest absolute Gasteiger partial charge is 0.496 e. The lowest BCUT2D eigenvalue weighted by atomic mass is 10.0. The van der Waals surface area contributed by atoms with Gasteiger partial charge in [0, 0.05) is 30.3 Å². The number of carbonyl (C=O) groups is 1. The van der Waals surface area contributed by atoms with E-state index in [1.165, 1.54) is 0 Å². The van der Waals surface area contributed by atoms with Crippen LogP contribution in [0.5, 0.6) is 11.5 Å². The summed E-state index contributed by atoms with van der Waals surface area (Å²) in [5, 5.41) is 13.0. The molecule has 0 unspecified atom stereocenters. The van der Waals surface area contributed by atoms with E-state index in [0.717, 1.165) is 34.3 Å². The fourth-order valence-electron chi connectivity index (χ4n) is 3.73. The smallest absolute Gasteiger partial charge is 0.170 e. The number of rotatable bonds is 8. The van der Waals surface area contributed by atoms with Crippen molar-refractivity contribution in [2.24, 2.45) is 0 Å². The SMILES string of the molecule is CCCC(=O)c1c(OC)cc(-n2cnc3cc(-c4cnn(CC#N)c4)ccc32)cc1OC. The highest BCUT2D eigenvalue weighted by atomic mass is 16.5. The summed E-state index contributed by atoms with van der Waals surface area (Å²) in [6, 6.07) is 11.7. The first kappa shape index (κ1) is 21.1. The van der Waals surface area contributed by atoms with Crippen molar-refractivity contribution in [3.8, 4) is 34.4 Å². The molecule has 0 aliphatic heterocycles. The number of benzene rings is 2. The third kappa shape index (κ3) is 3.81. The number of ketones is 1. The first-order valence-corrected chi connectivity index (χ1v) is 10.3. The van der Waals surface area contributed by atoms with E-state index in [0.29, 0.717) is 23.5 Å². The molecule has 0 atom stereocenters. The number of ether oxygens (including phenoxy) is 2. The van der Waals surface area contributed by atoms with Gasteiger partial charge in [-0.25, -0.2) is 4.98 Å². The molecule has 4 aromatic rings. The predicted molar refractivity (Wildman–Crippen MR) is 120 cm³/mol. The molecule has 2 aromatic carbocycles. The number of Topliss-reactive ketones (excluding diaryl/α,β-unsaturated/α-hetero) is 1. The second-order valence-electron chi connectivity index (χ2n) is 7.30. The predicted octanol–water partition coefficient (Wildman–Crippen LogP) is 4.41. The Morgan fingerprint density at radius 2 is 1.88 bits per heavy atom. The van der Waals surface area contributed by atoms with Gasteiger partial charge in [0.1, 0.15) is 29.9 Å². The Balaban J connectivity index is 1.76. The zero-order valence-corrected chi connectivity index (χ0v) is 18.2. The van der Waals surface area contributed by atoms with Crippen molar-refractivity contribution in [1.29, 1.82) is 5.26 Å². The zero-order valence-electron chi connectivity index (χ0n) is 18.2. The fraction of sp³-hybridized carbons (Fsp3) is 0.250. The maximum absolute atomic E-state index is 12.6. The van der Waals surface area contributed by atoms with Crippen LogP contribution in [-0.2, 0) is 6.54 Å². The van der Waals surface area contributed by atoms with Gasteiger partial charge >= 0.3 is 0 Å². The highest BCUT2D eigenvalue weighted by Crippen LogP contribution is 2.35. The molecule has 0 aliphatic carbocycles. The van der Waals surface area contributed by atoms with Crippen molar-refractivity contribution in [2.45, 2.75) is 26.3 Å². The van der Waals surface area contributed by atoms with Crippen molar-refractivity contribution in [3.63, 3.8) is 0 Å². The minimum atomic E-state index is -0.00942. The lowest BCUT2D eigenvalue weighted by Gasteiger charge is -2.15. The Hall–Kier alpha value is -4.12. The van der Waals surface area contributed by atoms with Gasteiger partial charge in [0.15, 0.2) is 5.78 Å². The van der Waals surface area contributed by atoms with Gasteiger partial charge < -0.3 is 9.47 Å². The molecule has 0 radical (unpaired) electrons. The molecule has 2 heterocycles. The molecule has 162 valence electrons. The molecule has 0 aliphatic rings. The van der Waals surface area contributed by atoms with Crippen LogP contribution in [0.1, 0.15) is 30.1 Å². The minimum Gasteiger partial charge on any atom is -0.496 e. The van der Waals surface area contributed by atoms with Crippen molar-refractivity contribution in [3.05, 3.63) is 54.6 Å². The number of nitrogens with zero attached hydrogens (tertiary/aromatic N) is 5. The molecule has 0 spiro atoms. The second kappa shape index (κ2) is 8.94. The monoisotopic (exact) mass is 429 g/mol. The van der Waals surface area contributed by atoms with E-state index in [4.69, 9.17) is 14.7 Å². The molecule has 0 saturated carbocycles. The Labute approximate surface area is 185 Å². The molecule has 0 saturated heterocycles. The summed E-state index contributed by atoms with van der Waals surface area (Å²) in [4.78, 5) is 17.2. The number of hydrogen-bond donors (Lipinski definition) is 0. The summed E-state index contributed by atoms with van der Waals surface area (Å²) in [6.45, 7) is 2.17. The molecule has 4 rings (SSSR count). The number of fused-ring (bicyclic) bond motifs is 1. The fourth-order valence-corrected chi connectivity index (χ4v) is 3.73. The van der Waals surface area contributed by atoms with Gasteiger partial charge in [-0.1, -0.05) is 13.0 Å². The van der Waals surface area contributed by atoms with Gasteiger partial charge in [0.2, 0.25) is 0 Å². The summed E-state index contributed by atoms with van der Waals surface area (Å²) in [6.07, 6.45) is 6.47. The first-order valence-electron chi connectivity index (χ1n) is 10.3. The van der Waals surface area contributed by atoms with Crippen molar-refractivity contribution >= 4 is 16.8 Å². The summed E-state index contributed by atoms with van der Waals surface area (Å²) >= 11 is 0. The Kier molecular flexibility index (Phi) is 5.90. The van der Waals surface area contributed by atoms with Crippen LogP contribution in [0.3, 0.4) is 0 Å². The number of imidazole rings is 1. The molecule has 0 bridgehead atoms. The lowest BCUT2D eigenvalue weighted by Crippen LogP contribution is -2.06. The van der Waals surface area contributed by atoms with Crippen LogP contribution < -0.4 is 9.47 Å². The van der Waals surface area contributed by atoms with E-state index in [1.807, 2.05) is 48.0 Å². The summed E-state index contributed by atoms with van der Waals surface area (Å²) in [5.74, 6) is 0.937. The third-order valence-electron chi connectivity index (χ3n) is 5.27. The Morgan fingerprint density at radius 3 is 2.53 bits per heavy atom. The molecule has 2 aromatic heterocycles. The quantitative estimate of drug-likeness (QED) is 0.385. The van der Waals surface area contributed by atoms with Crippen LogP contribution in [0.2, 0.25) is 0 Å². The zero-order chi connectivity index (χ0) is 22.7. The summed E-state index contributed by atoms with van der Waals surface area (Å²) in [5.41, 5.74) is 4.82. The summed E-state index contributed by atoms with van der Waals surface area (Å²) in [7, 11) is 3.10. The number of hydrogen-bond acceptors (Lipinski definition) is 6. The van der Waals surface area contributed by atoms with Gasteiger partial charge in [-0.05, 0) is 24.1 Å². The number of aromatic nitrogens is 4.